The SMILES string of the molecule is Clc1snnc1CSc1ncnc2ccccc12. The minimum Gasteiger partial charge on any atom is -0.236 e. The van der Waals surface area contributed by atoms with E-state index in [0.29, 0.717) is 10.1 Å². The van der Waals surface area contributed by atoms with Gasteiger partial charge in [-0.2, -0.15) is 0 Å². The van der Waals surface area contributed by atoms with Gasteiger partial charge in [-0.25, -0.2) is 9.97 Å². The van der Waals surface area contributed by atoms with Crippen LogP contribution < -0.4 is 0 Å². The van der Waals surface area contributed by atoms with Crippen LogP contribution in [0.2, 0.25) is 4.34 Å². The van der Waals surface area contributed by atoms with Crippen molar-refractivity contribution in [1.82, 2.24) is 19.6 Å². The van der Waals surface area contributed by atoms with Gasteiger partial charge in [0.2, 0.25) is 0 Å². The van der Waals surface area contributed by atoms with E-state index in [0.717, 1.165) is 21.6 Å². The predicted octanol–water partition coefficient (Wildman–Crippen LogP) is 3.43. The maximum atomic E-state index is 5.97. The molecule has 4 nitrogen and oxygen atoms in total. The van der Waals surface area contributed by atoms with Crippen LogP contribution >= 0.6 is 34.9 Å². The largest absolute Gasteiger partial charge is 0.236 e. The third-order valence-corrected chi connectivity index (χ3v) is 4.36. The van der Waals surface area contributed by atoms with Crippen LogP contribution in [0.25, 0.3) is 10.9 Å². The second kappa shape index (κ2) is 5.17. The zero-order valence-electron chi connectivity index (χ0n) is 9.08. The monoisotopic (exact) mass is 294 g/mol. The van der Waals surface area contributed by atoms with Crippen LogP contribution in [-0.4, -0.2) is 19.6 Å². The molecule has 1 aromatic carbocycles. The number of thioether (sulfide) groups is 1. The average molecular weight is 295 g/mol. The number of rotatable bonds is 3. The van der Waals surface area contributed by atoms with E-state index in [4.69, 9.17) is 11.6 Å². The Hall–Kier alpha value is -1.24. The van der Waals surface area contributed by atoms with Crippen molar-refractivity contribution in [2.24, 2.45) is 0 Å². The molecule has 3 aromatic rings. The van der Waals surface area contributed by atoms with Crippen molar-refractivity contribution in [3.8, 4) is 0 Å². The Morgan fingerprint density at radius 1 is 1.22 bits per heavy atom. The van der Waals surface area contributed by atoms with Crippen molar-refractivity contribution < 1.29 is 0 Å². The first-order chi connectivity index (χ1) is 8.84. The molecule has 0 N–H and O–H groups in total. The van der Waals surface area contributed by atoms with Crippen LogP contribution in [0, 0.1) is 0 Å². The van der Waals surface area contributed by atoms with Gasteiger partial charge in [-0.15, -0.1) is 5.10 Å². The van der Waals surface area contributed by atoms with Crippen molar-refractivity contribution in [1.29, 1.82) is 0 Å². The lowest BCUT2D eigenvalue weighted by molar-refractivity contribution is 1.06. The van der Waals surface area contributed by atoms with Gasteiger partial charge in [-0.3, -0.25) is 0 Å². The van der Waals surface area contributed by atoms with Gasteiger partial charge >= 0.3 is 0 Å². The Morgan fingerprint density at radius 3 is 2.94 bits per heavy atom. The number of para-hydroxylation sites is 1. The molecule has 0 aliphatic rings. The molecule has 0 atom stereocenters. The zero-order chi connectivity index (χ0) is 12.4. The normalized spacial score (nSPS) is 10.9. The lowest BCUT2D eigenvalue weighted by Crippen LogP contribution is -1.88. The smallest absolute Gasteiger partial charge is 0.138 e. The highest BCUT2D eigenvalue weighted by Crippen LogP contribution is 2.29. The lowest BCUT2D eigenvalue weighted by Gasteiger charge is -2.02. The summed E-state index contributed by atoms with van der Waals surface area (Å²) >= 11 is 8.76. The summed E-state index contributed by atoms with van der Waals surface area (Å²) in [4.78, 5) is 8.53. The molecule has 18 heavy (non-hydrogen) atoms. The maximum Gasteiger partial charge on any atom is 0.138 e. The van der Waals surface area contributed by atoms with Crippen LogP contribution in [0.15, 0.2) is 35.6 Å². The van der Waals surface area contributed by atoms with Gasteiger partial charge in [0.15, 0.2) is 0 Å². The number of benzene rings is 1. The van der Waals surface area contributed by atoms with Crippen LogP contribution in [0.4, 0.5) is 0 Å². The molecule has 0 saturated heterocycles. The fourth-order valence-corrected chi connectivity index (χ4v) is 3.24. The number of hydrogen-bond donors (Lipinski definition) is 0. The summed E-state index contributed by atoms with van der Waals surface area (Å²) in [6, 6.07) is 7.93. The van der Waals surface area contributed by atoms with Crippen LogP contribution in [0.3, 0.4) is 0 Å². The quantitative estimate of drug-likeness (QED) is 0.547. The van der Waals surface area contributed by atoms with Gasteiger partial charge in [0.05, 0.1) is 5.52 Å². The Morgan fingerprint density at radius 2 is 2.11 bits per heavy atom. The molecule has 0 fully saturated rings. The minimum absolute atomic E-state index is 0.640. The summed E-state index contributed by atoms with van der Waals surface area (Å²) in [6.07, 6.45) is 1.57. The molecule has 0 aliphatic carbocycles. The van der Waals surface area contributed by atoms with Crippen molar-refractivity contribution in [2.75, 3.05) is 0 Å². The van der Waals surface area contributed by atoms with E-state index in [1.54, 1.807) is 18.1 Å². The van der Waals surface area contributed by atoms with Gasteiger partial charge in [0.1, 0.15) is 21.4 Å². The van der Waals surface area contributed by atoms with E-state index in [1.165, 1.54) is 11.5 Å². The average Bonchev–Trinajstić information content (AvgIpc) is 2.82. The second-order valence-corrected chi connectivity index (χ2v) is 5.80. The fourth-order valence-electron chi connectivity index (χ4n) is 1.51. The molecule has 0 bridgehead atoms. The molecular weight excluding hydrogens is 288 g/mol. The second-order valence-electron chi connectivity index (χ2n) is 3.48. The number of aromatic nitrogens is 4. The Balaban J connectivity index is 1.89. The number of nitrogens with zero attached hydrogens (tertiary/aromatic N) is 4. The summed E-state index contributed by atoms with van der Waals surface area (Å²) in [5, 5.41) is 5.96. The van der Waals surface area contributed by atoms with E-state index in [9.17, 15) is 0 Å². The molecule has 3 rings (SSSR count). The Bertz CT molecular complexity index is 680. The van der Waals surface area contributed by atoms with Gasteiger partial charge < -0.3 is 0 Å². The van der Waals surface area contributed by atoms with Crippen LogP contribution in [0.5, 0.6) is 0 Å². The van der Waals surface area contributed by atoms with E-state index >= 15 is 0 Å². The standard InChI is InChI=1S/C11H7ClN4S2/c12-10-9(15-16-18-10)5-17-11-7-3-1-2-4-8(7)13-6-14-11/h1-4,6H,5H2. The van der Waals surface area contributed by atoms with Crippen LogP contribution in [0.1, 0.15) is 5.69 Å². The third kappa shape index (κ3) is 2.31. The highest BCUT2D eigenvalue weighted by Gasteiger charge is 2.08. The molecule has 0 spiro atoms. The number of fused-ring (bicyclic) bond motifs is 1. The van der Waals surface area contributed by atoms with Gasteiger partial charge in [0.25, 0.3) is 0 Å². The topological polar surface area (TPSA) is 51.6 Å². The lowest BCUT2D eigenvalue weighted by atomic mass is 10.2. The third-order valence-electron chi connectivity index (χ3n) is 2.36. The molecule has 2 heterocycles. The van der Waals surface area contributed by atoms with Crippen molar-refractivity contribution in [3.63, 3.8) is 0 Å². The predicted molar refractivity (Wildman–Crippen MR) is 74.0 cm³/mol. The minimum atomic E-state index is 0.640. The molecule has 90 valence electrons. The first-order valence-electron chi connectivity index (χ1n) is 5.14. The van der Waals surface area contributed by atoms with Crippen molar-refractivity contribution in [3.05, 3.63) is 40.6 Å². The summed E-state index contributed by atoms with van der Waals surface area (Å²) in [6.45, 7) is 0. The molecular formula is C11H7ClN4S2. The first kappa shape index (κ1) is 11.8. The van der Waals surface area contributed by atoms with Crippen molar-refractivity contribution in [2.45, 2.75) is 10.8 Å². The fraction of sp³-hybridized carbons (Fsp3) is 0.0909. The molecule has 0 radical (unpaired) electrons. The molecule has 0 unspecified atom stereocenters. The highest BCUT2D eigenvalue weighted by atomic mass is 35.5. The number of hydrogen-bond acceptors (Lipinski definition) is 6. The Labute approximate surface area is 117 Å². The molecule has 2 aromatic heterocycles. The molecule has 0 saturated carbocycles. The van der Waals surface area contributed by atoms with E-state index in [1.807, 2.05) is 24.3 Å². The van der Waals surface area contributed by atoms with Crippen molar-refractivity contribution >= 4 is 45.8 Å². The van der Waals surface area contributed by atoms with Gasteiger partial charge in [-0.05, 0) is 6.07 Å². The number of halogens is 1. The summed E-state index contributed by atoms with van der Waals surface area (Å²) in [5.74, 6) is 0.663. The summed E-state index contributed by atoms with van der Waals surface area (Å²) < 4.78 is 4.45. The maximum absolute atomic E-state index is 5.97. The van der Waals surface area contributed by atoms with E-state index in [2.05, 4.69) is 19.6 Å². The van der Waals surface area contributed by atoms with Gasteiger partial charge in [-0.1, -0.05) is 46.1 Å². The first-order valence-corrected chi connectivity index (χ1v) is 7.27. The van der Waals surface area contributed by atoms with E-state index in [-0.39, 0.29) is 0 Å². The molecule has 7 heteroatoms. The summed E-state index contributed by atoms with van der Waals surface area (Å²) in [5.41, 5.74) is 1.74. The summed E-state index contributed by atoms with van der Waals surface area (Å²) in [7, 11) is 0. The van der Waals surface area contributed by atoms with Gasteiger partial charge in [0, 0.05) is 22.7 Å². The van der Waals surface area contributed by atoms with Crippen LogP contribution in [-0.2, 0) is 5.75 Å². The Kier molecular flexibility index (Phi) is 3.40. The highest BCUT2D eigenvalue weighted by molar-refractivity contribution is 7.98. The zero-order valence-corrected chi connectivity index (χ0v) is 11.5. The molecule has 0 amide bonds. The van der Waals surface area contributed by atoms with E-state index < -0.39 is 0 Å². The molecule has 0 aliphatic heterocycles.